The van der Waals surface area contributed by atoms with Crippen LogP contribution in [0.5, 0.6) is 0 Å². The molecule has 4 unspecified atom stereocenters. The van der Waals surface area contributed by atoms with Crippen molar-refractivity contribution in [2.45, 2.75) is 47.1 Å². The fraction of sp³-hybridized carbons (Fsp3) is 0.750. The summed E-state index contributed by atoms with van der Waals surface area (Å²) in [4.78, 5) is 24.2. The van der Waals surface area contributed by atoms with Crippen LogP contribution in [0.4, 0.5) is 0 Å². The summed E-state index contributed by atoms with van der Waals surface area (Å²) in [5, 5.41) is 9.61. The van der Waals surface area contributed by atoms with Gasteiger partial charge < -0.3 is 9.84 Å². The molecule has 2 aliphatic carbocycles. The molecule has 0 aliphatic heterocycles. The largest absolute Gasteiger partial charge is 0.481 e. The molecule has 0 amide bonds. The van der Waals surface area contributed by atoms with Crippen molar-refractivity contribution < 1.29 is 19.4 Å². The van der Waals surface area contributed by atoms with Gasteiger partial charge in [0.1, 0.15) is 5.60 Å². The molecule has 2 bridgehead atoms. The van der Waals surface area contributed by atoms with Gasteiger partial charge in [-0.2, -0.15) is 0 Å². The minimum atomic E-state index is -0.914. The van der Waals surface area contributed by atoms with Gasteiger partial charge in [0.25, 0.3) is 0 Å². The third-order valence-electron chi connectivity index (χ3n) is 5.21. The Labute approximate surface area is 120 Å². The number of carboxylic acids is 1. The Morgan fingerprint density at radius 2 is 1.75 bits per heavy atom. The van der Waals surface area contributed by atoms with Crippen molar-refractivity contribution >= 4 is 11.9 Å². The van der Waals surface area contributed by atoms with Gasteiger partial charge in [0.15, 0.2) is 0 Å². The van der Waals surface area contributed by atoms with Crippen LogP contribution < -0.4 is 0 Å². The highest BCUT2D eigenvalue weighted by molar-refractivity contribution is 5.85. The highest BCUT2D eigenvalue weighted by Gasteiger charge is 2.68. The molecule has 0 aromatic rings. The van der Waals surface area contributed by atoms with E-state index in [-0.39, 0.29) is 11.3 Å². The zero-order chi connectivity index (χ0) is 15.5. The van der Waals surface area contributed by atoms with Gasteiger partial charge in [-0.25, -0.2) is 0 Å². The lowest BCUT2D eigenvalue weighted by molar-refractivity contribution is -0.168. The average Bonchev–Trinajstić information content (AvgIpc) is 2.55. The highest BCUT2D eigenvalue weighted by Crippen LogP contribution is 2.67. The number of hydrogen-bond acceptors (Lipinski definition) is 3. The van der Waals surface area contributed by atoms with Gasteiger partial charge in [0.2, 0.25) is 0 Å². The first-order valence-electron chi connectivity index (χ1n) is 7.07. The van der Waals surface area contributed by atoms with E-state index in [1.54, 1.807) is 20.8 Å². The van der Waals surface area contributed by atoms with Crippen molar-refractivity contribution in [1.82, 2.24) is 0 Å². The number of esters is 1. The maximum absolute atomic E-state index is 12.5. The number of aliphatic carboxylic acids is 1. The van der Waals surface area contributed by atoms with Gasteiger partial charge in [-0.15, -0.1) is 0 Å². The molecule has 2 rings (SSSR count). The predicted octanol–water partition coefficient (Wildman–Crippen LogP) is 2.88. The van der Waals surface area contributed by atoms with Gasteiger partial charge >= 0.3 is 11.9 Å². The van der Waals surface area contributed by atoms with Gasteiger partial charge in [-0.05, 0) is 32.1 Å². The van der Waals surface area contributed by atoms with Crippen LogP contribution in [0.25, 0.3) is 0 Å². The molecule has 4 heteroatoms. The summed E-state index contributed by atoms with van der Waals surface area (Å²) in [6.45, 7) is 11.4. The number of allylic oxidation sites excluding steroid dienone is 2. The van der Waals surface area contributed by atoms with Gasteiger partial charge in [-0.1, -0.05) is 32.9 Å². The molecule has 112 valence electrons. The Morgan fingerprint density at radius 3 is 2.20 bits per heavy atom. The molecule has 1 N–H and O–H groups in total. The molecule has 4 nitrogen and oxygen atoms in total. The molecule has 1 saturated carbocycles. The molecular weight excluding hydrogens is 256 g/mol. The second-order valence-electron chi connectivity index (χ2n) is 7.76. The van der Waals surface area contributed by atoms with Crippen LogP contribution >= 0.6 is 0 Å². The first-order valence-corrected chi connectivity index (χ1v) is 7.07. The number of carbonyl (C=O) groups excluding carboxylic acids is 1. The smallest absolute Gasteiger partial charge is 0.310 e. The summed E-state index contributed by atoms with van der Waals surface area (Å²) < 4.78 is 5.46. The minimum absolute atomic E-state index is 0.0801. The molecule has 4 atom stereocenters. The van der Waals surface area contributed by atoms with Gasteiger partial charge in [-0.3, -0.25) is 9.59 Å². The van der Waals surface area contributed by atoms with Crippen LogP contribution in [0, 0.1) is 28.6 Å². The van der Waals surface area contributed by atoms with Crippen molar-refractivity contribution in [2.24, 2.45) is 28.6 Å². The van der Waals surface area contributed by atoms with Gasteiger partial charge in [0, 0.05) is 5.41 Å². The maximum atomic E-state index is 12.5. The Balaban J connectivity index is 2.41. The van der Waals surface area contributed by atoms with Crippen LogP contribution in [0.3, 0.4) is 0 Å². The normalized spacial score (nSPS) is 38.0. The molecule has 0 heterocycles. The number of carboxylic acid groups (broad SMARTS) is 1. The Kier molecular flexibility index (Phi) is 3.08. The highest BCUT2D eigenvalue weighted by atomic mass is 16.6. The average molecular weight is 280 g/mol. The summed E-state index contributed by atoms with van der Waals surface area (Å²) in [7, 11) is 0. The first-order chi connectivity index (χ1) is 8.92. The lowest BCUT2D eigenvalue weighted by Gasteiger charge is -2.36. The fourth-order valence-electron chi connectivity index (χ4n) is 3.83. The van der Waals surface area contributed by atoms with Crippen molar-refractivity contribution in [3.63, 3.8) is 0 Å². The molecular formula is C16H24O4. The van der Waals surface area contributed by atoms with E-state index >= 15 is 0 Å². The fourth-order valence-corrected chi connectivity index (χ4v) is 3.83. The van der Waals surface area contributed by atoms with Crippen molar-refractivity contribution in [3.8, 4) is 0 Å². The summed E-state index contributed by atoms with van der Waals surface area (Å²) in [5.74, 6) is -2.71. The van der Waals surface area contributed by atoms with Crippen LogP contribution in [-0.4, -0.2) is 22.6 Å². The lowest BCUT2D eigenvalue weighted by Crippen LogP contribution is -2.40. The second kappa shape index (κ2) is 4.09. The number of fused-ring (bicyclic) bond motifs is 2. The molecule has 0 aromatic heterocycles. The van der Waals surface area contributed by atoms with Crippen LogP contribution in [-0.2, 0) is 14.3 Å². The van der Waals surface area contributed by atoms with E-state index in [0.29, 0.717) is 0 Å². The first kappa shape index (κ1) is 15.1. The van der Waals surface area contributed by atoms with E-state index in [4.69, 9.17) is 4.74 Å². The molecule has 0 spiro atoms. The van der Waals surface area contributed by atoms with Crippen LogP contribution in [0.15, 0.2) is 12.2 Å². The number of rotatable bonds is 2. The Hall–Kier alpha value is -1.32. The van der Waals surface area contributed by atoms with Crippen LogP contribution in [0.2, 0.25) is 0 Å². The zero-order valence-electron chi connectivity index (χ0n) is 13.1. The van der Waals surface area contributed by atoms with E-state index in [1.807, 2.05) is 32.9 Å². The van der Waals surface area contributed by atoms with Crippen molar-refractivity contribution in [3.05, 3.63) is 12.2 Å². The molecule has 0 radical (unpaired) electrons. The Bertz CT molecular complexity index is 483. The van der Waals surface area contributed by atoms with E-state index in [2.05, 4.69) is 0 Å². The molecule has 2 aliphatic rings. The lowest BCUT2D eigenvalue weighted by atomic mass is 9.67. The Morgan fingerprint density at radius 1 is 1.20 bits per heavy atom. The van der Waals surface area contributed by atoms with Gasteiger partial charge in [0.05, 0.1) is 11.8 Å². The summed E-state index contributed by atoms with van der Waals surface area (Å²) in [5.41, 5.74) is -1.36. The third-order valence-corrected chi connectivity index (χ3v) is 5.21. The molecule has 1 fully saturated rings. The molecule has 0 saturated heterocycles. The second-order valence-corrected chi connectivity index (χ2v) is 7.76. The SMILES string of the molecule is CC(C)(C)OC(=O)C1C2C=CC(C)(C1C(=O)O)C2(C)C. The van der Waals surface area contributed by atoms with Crippen molar-refractivity contribution in [2.75, 3.05) is 0 Å². The van der Waals surface area contributed by atoms with E-state index in [1.165, 1.54) is 0 Å². The van der Waals surface area contributed by atoms with Crippen LogP contribution in [0.1, 0.15) is 41.5 Å². The number of carbonyl (C=O) groups is 2. The molecule has 20 heavy (non-hydrogen) atoms. The zero-order valence-corrected chi connectivity index (χ0v) is 13.1. The summed E-state index contributed by atoms with van der Waals surface area (Å²) >= 11 is 0. The third kappa shape index (κ3) is 1.88. The minimum Gasteiger partial charge on any atom is -0.481 e. The van der Waals surface area contributed by atoms with E-state index in [9.17, 15) is 14.7 Å². The van der Waals surface area contributed by atoms with E-state index in [0.717, 1.165) is 0 Å². The van der Waals surface area contributed by atoms with Crippen molar-refractivity contribution in [1.29, 1.82) is 0 Å². The number of ether oxygens (including phenoxy) is 1. The summed E-state index contributed by atoms with van der Waals surface area (Å²) in [6, 6.07) is 0. The van der Waals surface area contributed by atoms with E-state index < -0.39 is 34.8 Å². The predicted molar refractivity (Wildman–Crippen MR) is 75.0 cm³/mol. The summed E-state index contributed by atoms with van der Waals surface area (Å²) in [6.07, 6.45) is 3.96. The monoisotopic (exact) mass is 280 g/mol. The quantitative estimate of drug-likeness (QED) is 0.624. The number of hydrogen-bond donors (Lipinski definition) is 1. The topological polar surface area (TPSA) is 63.6 Å². The maximum Gasteiger partial charge on any atom is 0.310 e. The molecule has 0 aromatic carbocycles. The standard InChI is InChI=1S/C16H24O4/c1-14(2,3)20-13(19)10-9-7-8-16(6,15(9,4)5)11(10)12(17)18/h7-11H,1-6H3,(H,17,18).